The Morgan fingerprint density at radius 2 is 1.82 bits per heavy atom. The first-order valence-corrected chi connectivity index (χ1v) is 7.90. The SMILES string of the molecule is O=C1CCC(Nc2ccc(N3C4CNCC3C4)cc2)C(=O)N1. The Morgan fingerprint density at radius 1 is 1.09 bits per heavy atom. The standard InChI is InChI=1S/C16H20N4O2/c21-15-6-5-14(16(22)19-15)18-10-1-3-11(4-2-10)20-12-7-13(20)9-17-8-12/h1-4,12-14,17-18H,5-9H2,(H,19,21,22). The van der Waals surface area contributed by atoms with Crippen molar-refractivity contribution in [1.29, 1.82) is 0 Å². The topological polar surface area (TPSA) is 73.5 Å². The van der Waals surface area contributed by atoms with Crippen molar-refractivity contribution in [2.24, 2.45) is 0 Å². The molecule has 1 aromatic carbocycles. The maximum Gasteiger partial charge on any atom is 0.249 e. The number of piperazine rings is 1. The maximum absolute atomic E-state index is 11.8. The third-order valence-electron chi connectivity index (χ3n) is 4.84. The van der Waals surface area contributed by atoms with Gasteiger partial charge in [-0.1, -0.05) is 0 Å². The summed E-state index contributed by atoms with van der Waals surface area (Å²) in [6, 6.07) is 9.16. The summed E-state index contributed by atoms with van der Waals surface area (Å²) >= 11 is 0. The van der Waals surface area contributed by atoms with Crippen LogP contribution in [-0.4, -0.2) is 43.0 Å². The average molecular weight is 300 g/mol. The predicted molar refractivity (Wildman–Crippen MR) is 83.8 cm³/mol. The summed E-state index contributed by atoms with van der Waals surface area (Å²) in [4.78, 5) is 25.4. The van der Waals surface area contributed by atoms with Crippen LogP contribution in [-0.2, 0) is 9.59 Å². The molecule has 3 N–H and O–H groups in total. The molecule has 1 aromatic rings. The molecule has 0 saturated carbocycles. The van der Waals surface area contributed by atoms with E-state index in [4.69, 9.17) is 0 Å². The molecule has 0 aliphatic carbocycles. The zero-order chi connectivity index (χ0) is 15.1. The number of nitrogens with one attached hydrogen (secondary N) is 3. The molecule has 3 aliphatic rings. The van der Waals surface area contributed by atoms with Gasteiger partial charge < -0.3 is 15.5 Å². The second-order valence-corrected chi connectivity index (χ2v) is 6.30. The average Bonchev–Trinajstić information content (AvgIpc) is 2.52. The van der Waals surface area contributed by atoms with Crippen molar-refractivity contribution in [3.05, 3.63) is 24.3 Å². The van der Waals surface area contributed by atoms with Crippen LogP contribution in [0.4, 0.5) is 11.4 Å². The summed E-state index contributed by atoms with van der Waals surface area (Å²) in [7, 11) is 0. The normalized spacial score (nSPS) is 30.5. The van der Waals surface area contributed by atoms with Crippen molar-refractivity contribution >= 4 is 23.2 Å². The Balaban J connectivity index is 1.42. The molecule has 0 spiro atoms. The fraction of sp³-hybridized carbons (Fsp3) is 0.500. The van der Waals surface area contributed by atoms with Crippen LogP contribution in [0.5, 0.6) is 0 Å². The Kier molecular flexibility index (Phi) is 3.26. The van der Waals surface area contributed by atoms with Gasteiger partial charge in [0.15, 0.2) is 0 Å². The first-order chi connectivity index (χ1) is 10.7. The molecule has 3 saturated heterocycles. The van der Waals surface area contributed by atoms with E-state index in [0.29, 0.717) is 24.9 Å². The van der Waals surface area contributed by atoms with Gasteiger partial charge >= 0.3 is 0 Å². The number of anilines is 2. The molecule has 3 aliphatic heterocycles. The van der Waals surface area contributed by atoms with Gasteiger partial charge in [-0.15, -0.1) is 0 Å². The van der Waals surface area contributed by atoms with Gasteiger partial charge in [-0.3, -0.25) is 14.9 Å². The number of carbonyl (C=O) groups is 2. The molecule has 116 valence electrons. The van der Waals surface area contributed by atoms with Crippen LogP contribution >= 0.6 is 0 Å². The number of hydrogen-bond donors (Lipinski definition) is 3. The van der Waals surface area contributed by atoms with Gasteiger partial charge in [0.2, 0.25) is 11.8 Å². The minimum Gasteiger partial charge on any atom is -0.374 e. The van der Waals surface area contributed by atoms with Crippen molar-refractivity contribution in [2.45, 2.75) is 37.4 Å². The number of benzene rings is 1. The summed E-state index contributed by atoms with van der Waals surface area (Å²) in [5, 5.41) is 9.01. The summed E-state index contributed by atoms with van der Waals surface area (Å²) in [5.41, 5.74) is 2.17. The minimum atomic E-state index is -0.323. The van der Waals surface area contributed by atoms with Crippen molar-refractivity contribution in [2.75, 3.05) is 23.3 Å². The number of carbonyl (C=O) groups excluding carboxylic acids is 2. The lowest BCUT2D eigenvalue weighted by molar-refractivity contribution is -0.133. The molecule has 3 atom stereocenters. The molecule has 4 rings (SSSR count). The largest absolute Gasteiger partial charge is 0.374 e. The summed E-state index contributed by atoms with van der Waals surface area (Å²) < 4.78 is 0. The summed E-state index contributed by atoms with van der Waals surface area (Å²) in [5.74, 6) is -0.417. The second-order valence-electron chi connectivity index (χ2n) is 6.30. The van der Waals surface area contributed by atoms with E-state index < -0.39 is 0 Å². The first kappa shape index (κ1) is 13.6. The van der Waals surface area contributed by atoms with Crippen LogP contribution in [0.25, 0.3) is 0 Å². The lowest BCUT2D eigenvalue weighted by atomic mass is 9.88. The highest BCUT2D eigenvalue weighted by molar-refractivity contribution is 6.01. The Bertz CT molecular complexity index is 587. The molecule has 2 amide bonds. The lowest BCUT2D eigenvalue weighted by Gasteiger charge is -2.54. The highest BCUT2D eigenvalue weighted by Gasteiger charge is 2.41. The fourth-order valence-electron chi connectivity index (χ4n) is 3.67. The maximum atomic E-state index is 11.8. The zero-order valence-corrected chi connectivity index (χ0v) is 12.3. The molecule has 3 heterocycles. The molecular formula is C16H20N4O2. The highest BCUT2D eigenvalue weighted by Crippen LogP contribution is 2.34. The molecule has 22 heavy (non-hydrogen) atoms. The van der Waals surface area contributed by atoms with Crippen molar-refractivity contribution < 1.29 is 9.59 Å². The van der Waals surface area contributed by atoms with E-state index in [0.717, 1.165) is 18.8 Å². The number of imide groups is 1. The number of nitrogens with zero attached hydrogens (tertiary/aromatic N) is 1. The second kappa shape index (κ2) is 5.28. The lowest BCUT2D eigenvalue weighted by Crippen LogP contribution is -2.68. The van der Waals surface area contributed by atoms with E-state index in [9.17, 15) is 9.59 Å². The third kappa shape index (κ3) is 2.33. The number of hydrogen-bond acceptors (Lipinski definition) is 5. The predicted octanol–water partition coefficient (Wildman–Crippen LogP) is 0.454. The highest BCUT2D eigenvalue weighted by atomic mass is 16.2. The van der Waals surface area contributed by atoms with Gasteiger partial charge in [-0.05, 0) is 37.1 Å². The van der Waals surface area contributed by atoms with Crippen molar-refractivity contribution in [1.82, 2.24) is 10.6 Å². The molecule has 0 radical (unpaired) electrons. The molecule has 0 aromatic heterocycles. The summed E-state index contributed by atoms with van der Waals surface area (Å²) in [6.45, 7) is 2.12. The molecular weight excluding hydrogens is 280 g/mol. The molecule has 3 unspecified atom stereocenters. The smallest absolute Gasteiger partial charge is 0.249 e. The third-order valence-corrected chi connectivity index (χ3v) is 4.84. The number of piperidine rings is 2. The zero-order valence-electron chi connectivity index (χ0n) is 12.3. The molecule has 3 fully saturated rings. The van der Waals surface area contributed by atoms with Crippen LogP contribution in [0.15, 0.2) is 24.3 Å². The number of fused-ring (bicyclic) bond motifs is 2. The summed E-state index contributed by atoms with van der Waals surface area (Å²) in [6.07, 6.45) is 2.23. The molecule has 6 nitrogen and oxygen atoms in total. The van der Waals surface area contributed by atoms with E-state index in [1.54, 1.807) is 0 Å². The Hall–Kier alpha value is -2.08. The van der Waals surface area contributed by atoms with Crippen LogP contribution < -0.4 is 20.9 Å². The quantitative estimate of drug-likeness (QED) is 0.707. The number of rotatable bonds is 3. The van der Waals surface area contributed by atoms with E-state index in [1.807, 2.05) is 12.1 Å². The molecule has 2 bridgehead atoms. The van der Waals surface area contributed by atoms with E-state index in [1.165, 1.54) is 12.1 Å². The van der Waals surface area contributed by atoms with Crippen molar-refractivity contribution in [3.63, 3.8) is 0 Å². The van der Waals surface area contributed by atoms with Crippen LogP contribution in [0.2, 0.25) is 0 Å². The van der Waals surface area contributed by atoms with E-state index in [-0.39, 0.29) is 17.9 Å². The van der Waals surface area contributed by atoms with Gasteiger partial charge in [0.05, 0.1) is 0 Å². The van der Waals surface area contributed by atoms with Crippen LogP contribution in [0, 0.1) is 0 Å². The van der Waals surface area contributed by atoms with E-state index >= 15 is 0 Å². The van der Waals surface area contributed by atoms with Crippen LogP contribution in [0.1, 0.15) is 19.3 Å². The molecule has 6 heteroatoms. The fourth-order valence-corrected chi connectivity index (χ4v) is 3.67. The van der Waals surface area contributed by atoms with Gasteiger partial charge in [0.1, 0.15) is 6.04 Å². The van der Waals surface area contributed by atoms with Crippen molar-refractivity contribution in [3.8, 4) is 0 Å². The van der Waals surface area contributed by atoms with Crippen LogP contribution in [0.3, 0.4) is 0 Å². The Morgan fingerprint density at radius 3 is 2.45 bits per heavy atom. The van der Waals surface area contributed by atoms with Gasteiger partial charge in [0.25, 0.3) is 0 Å². The first-order valence-electron chi connectivity index (χ1n) is 7.90. The van der Waals surface area contributed by atoms with Gasteiger partial charge in [0, 0.05) is 43.0 Å². The Labute approximate surface area is 129 Å². The number of amides is 2. The monoisotopic (exact) mass is 300 g/mol. The van der Waals surface area contributed by atoms with Gasteiger partial charge in [-0.25, -0.2) is 0 Å². The van der Waals surface area contributed by atoms with E-state index in [2.05, 4.69) is 33.0 Å². The van der Waals surface area contributed by atoms with Gasteiger partial charge in [-0.2, -0.15) is 0 Å². The minimum absolute atomic E-state index is 0.184.